The third-order valence-corrected chi connectivity index (χ3v) is 2.99. The summed E-state index contributed by atoms with van der Waals surface area (Å²) in [7, 11) is 1.55. The zero-order chi connectivity index (χ0) is 12.1. The van der Waals surface area contributed by atoms with Gasteiger partial charge in [-0.25, -0.2) is 0 Å². The zero-order valence-electron chi connectivity index (χ0n) is 10.4. The molecular weight excluding hydrogens is 218 g/mol. The predicted molar refractivity (Wildman–Crippen MR) is 64.1 cm³/mol. The Morgan fingerprint density at radius 1 is 1.29 bits per heavy atom. The Morgan fingerprint density at radius 3 is 2.71 bits per heavy atom. The van der Waals surface area contributed by atoms with Crippen LogP contribution in [0.5, 0.6) is 6.01 Å². The molecule has 6 nitrogen and oxygen atoms in total. The summed E-state index contributed by atoms with van der Waals surface area (Å²) in [6, 6.07) is 0.341. The number of methoxy groups -OCH3 is 1. The number of rotatable bonds is 4. The molecule has 6 heteroatoms. The highest BCUT2D eigenvalue weighted by molar-refractivity contribution is 5.10. The molecule has 1 aromatic heterocycles. The van der Waals surface area contributed by atoms with Crippen molar-refractivity contribution in [2.24, 2.45) is 0 Å². The van der Waals surface area contributed by atoms with E-state index in [1.54, 1.807) is 7.11 Å². The third kappa shape index (κ3) is 3.34. The largest absolute Gasteiger partial charge is 0.466 e. The highest BCUT2D eigenvalue weighted by atomic mass is 16.5. The maximum absolute atomic E-state index is 4.94. The van der Waals surface area contributed by atoms with Gasteiger partial charge < -0.3 is 15.0 Å². The normalized spacial score (nSPS) is 17.1. The lowest BCUT2D eigenvalue weighted by Gasteiger charge is -2.26. The smallest absolute Gasteiger partial charge is 0.335 e. The van der Waals surface area contributed by atoms with Crippen molar-refractivity contribution in [2.45, 2.75) is 13.3 Å². The Bertz CT molecular complexity index is 365. The minimum absolute atomic E-state index is 0.341. The van der Waals surface area contributed by atoms with E-state index in [1.165, 1.54) is 0 Å². The number of piperazine rings is 1. The molecule has 0 radical (unpaired) electrons. The van der Waals surface area contributed by atoms with Crippen LogP contribution in [-0.2, 0) is 6.42 Å². The highest BCUT2D eigenvalue weighted by Gasteiger charge is 2.11. The molecule has 1 fully saturated rings. The quantitative estimate of drug-likeness (QED) is 0.771. The van der Waals surface area contributed by atoms with Gasteiger partial charge in [-0.05, 0) is 6.92 Å². The second-order valence-corrected chi connectivity index (χ2v) is 4.17. The minimum Gasteiger partial charge on any atom is -0.466 e. The number of hydrogen-bond acceptors (Lipinski definition) is 6. The van der Waals surface area contributed by atoms with Gasteiger partial charge in [0.2, 0.25) is 0 Å². The number of aromatic nitrogens is 3. The molecule has 1 saturated heterocycles. The van der Waals surface area contributed by atoms with E-state index in [-0.39, 0.29) is 0 Å². The van der Waals surface area contributed by atoms with Crippen LogP contribution >= 0.6 is 0 Å². The van der Waals surface area contributed by atoms with Gasteiger partial charge in [0.25, 0.3) is 0 Å². The highest BCUT2D eigenvalue weighted by Crippen LogP contribution is 2.06. The summed E-state index contributed by atoms with van der Waals surface area (Å²) in [5.41, 5.74) is 1.87. The molecule has 2 rings (SSSR count). The molecule has 1 aliphatic rings. The minimum atomic E-state index is 0.341. The van der Waals surface area contributed by atoms with Gasteiger partial charge in [0.1, 0.15) is 0 Å². The number of hydrogen-bond donors (Lipinski definition) is 1. The lowest BCUT2D eigenvalue weighted by molar-refractivity contribution is 0.242. The van der Waals surface area contributed by atoms with Crippen LogP contribution in [0.3, 0.4) is 0 Å². The van der Waals surface area contributed by atoms with Crippen LogP contribution in [0.25, 0.3) is 0 Å². The van der Waals surface area contributed by atoms with Gasteiger partial charge in [-0.1, -0.05) is 5.10 Å². The van der Waals surface area contributed by atoms with Crippen molar-refractivity contribution in [1.82, 2.24) is 25.4 Å². The Kier molecular flexibility index (Phi) is 4.22. The first-order valence-electron chi connectivity index (χ1n) is 5.97. The molecule has 1 aromatic rings. The molecule has 0 saturated carbocycles. The fourth-order valence-corrected chi connectivity index (χ4v) is 1.92. The van der Waals surface area contributed by atoms with Crippen LogP contribution in [0.1, 0.15) is 11.4 Å². The van der Waals surface area contributed by atoms with Crippen LogP contribution < -0.4 is 10.1 Å². The molecule has 0 amide bonds. The van der Waals surface area contributed by atoms with Gasteiger partial charge >= 0.3 is 6.01 Å². The fraction of sp³-hybridized carbons (Fsp3) is 0.727. The summed E-state index contributed by atoms with van der Waals surface area (Å²) < 4.78 is 4.94. The maximum atomic E-state index is 4.94. The van der Waals surface area contributed by atoms with Gasteiger partial charge in [-0.15, -0.1) is 5.10 Å². The Balaban J connectivity index is 1.89. The van der Waals surface area contributed by atoms with Crippen LogP contribution in [0.2, 0.25) is 0 Å². The van der Waals surface area contributed by atoms with Gasteiger partial charge in [-0.3, -0.25) is 0 Å². The van der Waals surface area contributed by atoms with Crippen LogP contribution in [0.4, 0.5) is 0 Å². The SMILES string of the molecule is COc1nnc(CCN2CCNCC2)c(C)n1. The van der Waals surface area contributed by atoms with Gasteiger partial charge in [0, 0.05) is 39.1 Å². The first-order valence-corrected chi connectivity index (χ1v) is 5.97. The van der Waals surface area contributed by atoms with E-state index in [0.29, 0.717) is 6.01 Å². The molecule has 1 aliphatic heterocycles. The average Bonchev–Trinajstić information content (AvgIpc) is 2.38. The van der Waals surface area contributed by atoms with Crippen LogP contribution in [0, 0.1) is 6.92 Å². The summed E-state index contributed by atoms with van der Waals surface area (Å²) in [4.78, 5) is 6.66. The average molecular weight is 237 g/mol. The van der Waals surface area contributed by atoms with E-state index >= 15 is 0 Å². The third-order valence-electron chi connectivity index (χ3n) is 2.99. The monoisotopic (exact) mass is 237 g/mol. The van der Waals surface area contributed by atoms with E-state index < -0.39 is 0 Å². The second kappa shape index (κ2) is 5.88. The van der Waals surface area contributed by atoms with Crippen molar-refractivity contribution in [1.29, 1.82) is 0 Å². The maximum Gasteiger partial charge on any atom is 0.335 e. The number of nitrogens with zero attached hydrogens (tertiary/aromatic N) is 4. The first-order chi connectivity index (χ1) is 8.29. The lowest BCUT2D eigenvalue weighted by Crippen LogP contribution is -2.44. The Morgan fingerprint density at radius 2 is 2.06 bits per heavy atom. The molecule has 0 atom stereocenters. The van der Waals surface area contributed by atoms with Crippen molar-refractivity contribution in [3.05, 3.63) is 11.4 Å². The Hall–Kier alpha value is -1.27. The van der Waals surface area contributed by atoms with Crippen molar-refractivity contribution >= 4 is 0 Å². The standard InChI is InChI=1S/C11H19N5O/c1-9-10(14-15-11(13-9)17-2)3-6-16-7-4-12-5-8-16/h12H,3-8H2,1-2H3. The second-order valence-electron chi connectivity index (χ2n) is 4.17. The van der Waals surface area contributed by atoms with Crippen LogP contribution in [-0.4, -0.2) is 59.9 Å². The van der Waals surface area contributed by atoms with E-state index in [9.17, 15) is 0 Å². The van der Waals surface area contributed by atoms with Crippen molar-refractivity contribution in [3.63, 3.8) is 0 Å². The summed E-state index contributed by atoms with van der Waals surface area (Å²) in [5, 5.41) is 11.4. The molecule has 17 heavy (non-hydrogen) atoms. The number of nitrogens with one attached hydrogen (secondary N) is 1. The van der Waals surface area contributed by atoms with E-state index in [1.807, 2.05) is 6.92 Å². The summed E-state index contributed by atoms with van der Waals surface area (Å²) >= 11 is 0. The first kappa shape index (κ1) is 12.2. The molecule has 0 aromatic carbocycles. The van der Waals surface area contributed by atoms with Gasteiger partial charge in [0.15, 0.2) is 0 Å². The lowest BCUT2D eigenvalue weighted by atomic mass is 10.2. The van der Waals surface area contributed by atoms with Gasteiger partial charge in [0.05, 0.1) is 18.5 Å². The molecular formula is C11H19N5O. The fourth-order valence-electron chi connectivity index (χ4n) is 1.92. The summed E-state index contributed by atoms with van der Waals surface area (Å²) in [6.45, 7) is 7.33. The van der Waals surface area contributed by atoms with Crippen LogP contribution in [0.15, 0.2) is 0 Å². The van der Waals surface area contributed by atoms with Crippen molar-refractivity contribution in [3.8, 4) is 6.01 Å². The molecule has 94 valence electrons. The van der Waals surface area contributed by atoms with Crippen molar-refractivity contribution < 1.29 is 4.74 Å². The number of ether oxygens (including phenoxy) is 1. The summed E-state index contributed by atoms with van der Waals surface area (Å²) in [6.07, 6.45) is 0.899. The molecule has 0 unspecified atom stereocenters. The van der Waals surface area contributed by atoms with E-state index in [0.717, 1.165) is 50.5 Å². The van der Waals surface area contributed by atoms with Gasteiger partial charge in [-0.2, -0.15) is 4.98 Å². The summed E-state index contributed by atoms with van der Waals surface area (Å²) in [5.74, 6) is 0. The van der Waals surface area contributed by atoms with Crippen molar-refractivity contribution in [2.75, 3.05) is 39.8 Å². The molecule has 0 aliphatic carbocycles. The van der Waals surface area contributed by atoms with E-state index in [4.69, 9.17) is 4.74 Å². The molecule has 0 bridgehead atoms. The molecule has 0 spiro atoms. The molecule has 1 N–H and O–H groups in total. The number of aryl methyl sites for hydroxylation is 1. The predicted octanol–water partition coefficient (Wildman–Crippen LogP) is -0.364. The molecule has 2 heterocycles. The van der Waals surface area contributed by atoms with E-state index in [2.05, 4.69) is 25.4 Å². The Labute approximate surface area is 101 Å². The zero-order valence-corrected chi connectivity index (χ0v) is 10.4. The topological polar surface area (TPSA) is 63.2 Å².